The van der Waals surface area contributed by atoms with E-state index in [0.717, 1.165) is 35.9 Å². The number of hydrogen-bond acceptors (Lipinski definition) is 3. The van der Waals surface area contributed by atoms with E-state index in [-0.39, 0.29) is 11.9 Å². The van der Waals surface area contributed by atoms with E-state index >= 15 is 0 Å². The lowest BCUT2D eigenvalue weighted by Crippen LogP contribution is -2.27. The molecule has 1 aromatic heterocycles. The predicted molar refractivity (Wildman–Crippen MR) is 81.4 cm³/mol. The molecule has 0 bridgehead atoms. The fourth-order valence-electron chi connectivity index (χ4n) is 3.11. The number of rotatable bonds is 4. The van der Waals surface area contributed by atoms with E-state index in [4.69, 9.17) is 15.9 Å². The second-order valence-electron chi connectivity index (χ2n) is 5.82. The van der Waals surface area contributed by atoms with Crippen LogP contribution in [0, 0.1) is 25.2 Å². The van der Waals surface area contributed by atoms with E-state index in [2.05, 4.69) is 11.9 Å². The minimum Gasteiger partial charge on any atom is -0.490 e. The maximum atomic E-state index is 7.74. The first-order valence-corrected chi connectivity index (χ1v) is 7.50. The van der Waals surface area contributed by atoms with Crippen molar-refractivity contribution in [1.82, 2.24) is 4.98 Å². The lowest BCUT2D eigenvalue weighted by atomic mass is 9.85. The zero-order valence-corrected chi connectivity index (χ0v) is 12.7. The van der Waals surface area contributed by atoms with E-state index in [1.54, 1.807) is 0 Å². The zero-order valence-electron chi connectivity index (χ0n) is 12.7. The van der Waals surface area contributed by atoms with Gasteiger partial charge in [0.05, 0.1) is 17.4 Å². The highest BCUT2D eigenvalue weighted by Gasteiger charge is 2.24. The van der Waals surface area contributed by atoms with Crippen LogP contribution in [-0.2, 0) is 0 Å². The van der Waals surface area contributed by atoms with E-state index in [0.29, 0.717) is 5.56 Å². The molecule has 1 aromatic rings. The molecule has 1 fully saturated rings. The molecule has 0 spiro atoms. The number of nitrogen functional groups attached to an aromatic ring is 1. The quantitative estimate of drug-likeness (QED) is 0.654. The molecule has 1 aliphatic rings. The number of nitrogens with zero attached hydrogens (tertiary/aromatic N) is 1. The Balaban J connectivity index is 2.22. The van der Waals surface area contributed by atoms with Crippen LogP contribution in [0.5, 0.6) is 5.75 Å². The van der Waals surface area contributed by atoms with Crippen molar-refractivity contribution in [2.24, 2.45) is 11.7 Å². The molecule has 110 valence electrons. The second-order valence-corrected chi connectivity index (χ2v) is 5.82. The molecular formula is C16H25N3O. The SMILES string of the molecule is CCC1CCCC(Oc2cc(C)nc(C)c2C(=N)N)C1. The topological polar surface area (TPSA) is 72.0 Å². The Morgan fingerprint density at radius 1 is 1.45 bits per heavy atom. The van der Waals surface area contributed by atoms with Gasteiger partial charge in [-0.2, -0.15) is 0 Å². The molecule has 0 aliphatic heterocycles. The Bertz CT molecular complexity index is 499. The van der Waals surface area contributed by atoms with Crippen LogP contribution in [0.2, 0.25) is 0 Å². The monoisotopic (exact) mass is 275 g/mol. The zero-order chi connectivity index (χ0) is 14.7. The lowest BCUT2D eigenvalue weighted by molar-refractivity contribution is 0.121. The summed E-state index contributed by atoms with van der Waals surface area (Å²) < 4.78 is 6.18. The van der Waals surface area contributed by atoms with Gasteiger partial charge >= 0.3 is 0 Å². The molecule has 2 unspecified atom stereocenters. The Labute approximate surface area is 121 Å². The van der Waals surface area contributed by atoms with Gasteiger partial charge in [0.15, 0.2) is 0 Å². The molecule has 4 nitrogen and oxygen atoms in total. The molecule has 0 saturated heterocycles. The highest BCUT2D eigenvalue weighted by atomic mass is 16.5. The van der Waals surface area contributed by atoms with E-state index in [1.807, 2.05) is 19.9 Å². The second kappa shape index (κ2) is 6.25. The van der Waals surface area contributed by atoms with Crippen molar-refractivity contribution in [3.8, 4) is 5.75 Å². The third kappa shape index (κ3) is 3.30. The minimum atomic E-state index is 0.0350. The Morgan fingerprint density at radius 2 is 2.20 bits per heavy atom. The molecule has 1 saturated carbocycles. The summed E-state index contributed by atoms with van der Waals surface area (Å²) >= 11 is 0. The molecule has 1 heterocycles. The Morgan fingerprint density at radius 3 is 2.85 bits per heavy atom. The maximum Gasteiger partial charge on any atom is 0.134 e. The van der Waals surface area contributed by atoms with Gasteiger partial charge < -0.3 is 10.5 Å². The molecule has 1 aliphatic carbocycles. The first-order valence-electron chi connectivity index (χ1n) is 7.50. The summed E-state index contributed by atoms with van der Waals surface area (Å²) in [5.41, 5.74) is 8.02. The van der Waals surface area contributed by atoms with Crippen LogP contribution < -0.4 is 10.5 Å². The highest BCUT2D eigenvalue weighted by Crippen LogP contribution is 2.31. The molecule has 0 aromatic carbocycles. The van der Waals surface area contributed by atoms with Gasteiger partial charge in [-0.25, -0.2) is 0 Å². The van der Waals surface area contributed by atoms with E-state index in [1.165, 1.54) is 19.3 Å². The smallest absolute Gasteiger partial charge is 0.134 e. The van der Waals surface area contributed by atoms with Crippen LogP contribution in [0.4, 0.5) is 0 Å². The van der Waals surface area contributed by atoms with Gasteiger partial charge in [-0.05, 0) is 39.0 Å². The highest BCUT2D eigenvalue weighted by molar-refractivity contribution is 5.98. The summed E-state index contributed by atoms with van der Waals surface area (Å²) in [6, 6.07) is 1.90. The first kappa shape index (κ1) is 14.8. The summed E-state index contributed by atoms with van der Waals surface area (Å²) in [4.78, 5) is 4.38. The van der Waals surface area contributed by atoms with Crippen molar-refractivity contribution in [3.05, 3.63) is 23.0 Å². The summed E-state index contributed by atoms with van der Waals surface area (Å²) in [6.45, 7) is 6.07. The van der Waals surface area contributed by atoms with E-state index < -0.39 is 0 Å². The van der Waals surface area contributed by atoms with Crippen LogP contribution in [0.25, 0.3) is 0 Å². The van der Waals surface area contributed by atoms with Crippen LogP contribution in [0.3, 0.4) is 0 Å². The molecule has 2 rings (SSSR count). The minimum absolute atomic E-state index is 0.0350. The lowest BCUT2D eigenvalue weighted by Gasteiger charge is -2.29. The molecule has 3 N–H and O–H groups in total. The van der Waals surface area contributed by atoms with Gasteiger partial charge in [0.1, 0.15) is 11.6 Å². The summed E-state index contributed by atoms with van der Waals surface area (Å²) in [5.74, 6) is 1.52. The van der Waals surface area contributed by atoms with Crippen molar-refractivity contribution in [2.45, 2.75) is 59.0 Å². The summed E-state index contributed by atoms with van der Waals surface area (Å²) in [6.07, 6.45) is 6.19. The fraction of sp³-hybridized carbons (Fsp3) is 0.625. The maximum absolute atomic E-state index is 7.74. The number of nitrogens with one attached hydrogen (secondary N) is 1. The number of aromatic nitrogens is 1. The fourth-order valence-corrected chi connectivity index (χ4v) is 3.11. The number of aryl methyl sites for hydroxylation is 2. The Hall–Kier alpha value is -1.58. The van der Waals surface area contributed by atoms with Crippen molar-refractivity contribution in [1.29, 1.82) is 5.41 Å². The van der Waals surface area contributed by atoms with Gasteiger partial charge in [0.25, 0.3) is 0 Å². The molecule has 0 amide bonds. The van der Waals surface area contributed by atoms with E-state index in [9.17, 15) is 0 Å². The number of pyridine rings is 1. The van der Waals surface area contributed by atoms with Crippen LogP contribution in [-0.4, -0.2) is 16.9 Å². The van der Waals surface area contributed by atoms with Gasteiger partial charge in [0.2, 0.25) is 0 Å². The van der Waals surface area contributed by atoms with Crippen molar-refractivity contribution in [2.75, 3.05) is 0 Å². The molecule has 2 atom stereocenters. The molecular weight excluding hydrogens is 250 g/mol. The Kier molecular flexibility index (Phi) is 4.63. The average molecular weight is 275 g/mol. The van der Waals surface area contributed by atoms with Gasteiger partial charge in [-0.3, -0.25) is 10.4 Å². The standard InChI is InChI=1S/C16H25N3O/c1-4-12-6-5-7-13(9-12)20-14-8-10(2)19-11(3)15(14)16(17)18/h8,12-13H,4-7,9H2,1-3H3,(H3,17,18). The van der Waals surface area contributed by atoms with Crippen LogP contribution in [0.15, 0.2) is 6.07 Å². The van der Waals surface area contributed by atoms with Crippen molar-refractivity contribution in [3.63, 3.8) is 0 Å². The van der Waals surface area contributed by atoms with Crippen LogP contribution in [0.1, 0.15) is 56.0 Å². The third-order valence-electron chi connectivity index (χ3n) is 4.17. The number of hydrogen-bond donors (Lipinski definition) is 2. The number of nitrogens with two attached hydrogens (primary N) is 1. The van der Waals surface area contributed by atoms with Gasteiger partial charge in [-0.1, -0.05) is 19.8 Å². The van der Waals surface area contributed by atoms with Gasteiger partial charge in [0, 0.05) is 11.8 Å². The largest absolute Gasteiger partial charge is 0.490 e. The molecule has 20 heavy (non-hydrogen) atoms. The van der Waals surface area contributed by atoms with Gasteiger partial charge in [-0.15, -0.1) is 0 Å². The van der Waals surface area contributed by atoms with Crippen LogP contribution >= 0.6 is 0 Å². The molecule has 4 heteroatoms. The average Bonchev–Trinajstić information content (AvgIpc) is 2.37. The van der Waals surface area contributed by atoms with Crippen molar-refractivity contribution < 1.29 is 4.74 Å². The number of amidine groups is 1. The summed E-state index contributed by atoms with van der Waals surface area (Å²) in [5, 5.41) is 7.74. The number of ether oxygens (including phenoxy) is 1. The normalized spacial score (nSPS) is 22.6. The third-order valence-corrected chi connectivity index (χ3v) is 4.17. The molecule has 0 radical (unpaired) electrons. The first-order chi connectivity index (χ1) is 9.51. The predicted octanol–water partition coefficient (Wildman–Crippen LogP) is 3.33. The summed E-state index contributed by atoms with van der Waals surface area (Å²) in [7, 11) is 0. The van der Waals surface area contributed by atoms with Crippen molar-refractivity contribution >= 4 is 5.84 Å².